The van der Waals surface area contributed by atoms with Gasteiger partial charge in [-0.1, -0.05) is 22.0 Å². The summed E-state index contributed by atoms with van der Waals surface area (Å²) in [6.45, 7) is 0. The lowest BCUT2D eigenvalue weighted by atomic mass is 10.2. The van der Waals surface area contributed by atoms with Crippen molar-refractivity contribution in [1.82, 2.24) is 9.90 Å². The summed E-state index contributed by atoms with van der Waals surface area (Å²) in [4.78, 5) is 23.4. The molecule has 0 unspecified atom stereocenters. The Labute approximate surface area is 143 Å². The van der Waals surface area contributed by atoms with Gasteiger partial charge in [-0.05, 0) is 36.4 Å². The average Bonchev–Trinajstić information content (AvgIpc) is 2.96. The summed E-state index contributed by atoms with van der Waals surface area (Å²) in [6, 6.07) is 10.0. The highest BCUT2D eigenvalue weighted by Gasteiger charge is 2.30. The number of aromatic nitrogens is 3. The van der Waals surface area contributed by atoms with Crippen molar-refractivity contribution < 1.29 is 33.2 Å². The molecule has 0 aliphatic rings. The van der Waals surface area contributed by atoms with E-state index in [9.17, 15) is 27.9 Å². The molecule has 26 heavy (non-hydrogen) atoms. The summed E-state index contributed by atoms with van der Waals surface area (Å²) in [5.41, 5.74) is -1.02. The Kier molecular flexibility index (Phi) is 4.98. The SMILES string of the molecule is O=C(O)c1ccccc1-[n+]1cc(=O)n(-c2ccc(C(F)(F)F)cc2)[nH]1.[OH-]. The highest BCUT2D eigenvalue weighted by Crippen LogP contribution is 2.29. The van der Waals surface area contributed by atoms with Crippen molar-refractivity contribution in [2.45, 2.75) is 6.18 Å². The predicted molar refractivity (Wildman–Crippen MR) is 81.8 cm³/mol. The van der Waals surface area contributed by atoms with E-state index in [-0.39, 0.29) is 22.4 Å². The molecule has 3 aromatic rings. The molecule has 3 rings (SSSR count). The minimum atomic E-state index is -4.47. The molecule has 0 radical (unpaired) electrons. The molecule has 1 aromatic heterocycles. The first-order valence-corrected chi connectivity index (χ1v) is 7.01. The maximum absolute atomic E-state index is 12.6. The van der Waals surface area contributed by atoms with Crippen LogP contribution in [-0.2, 0) is 6.18 Å². The van der Waals surface area contributed by atoms with Crippen LogP contribution in [0.25, 0.3) is 11.4 Å². The van der Waals surface area contributed by atoms with E-state index in [1.165, 1.54) is 16.8 Å². The number of nitrogens with one attached hydrogen (secondary N) is 1. The number of hydrogen-bond acceptors (Lipinski definition) is 3. The van der Waals surface area contributed by atoms with Crippen molar-refractivity contribution in [1.29, 1.82) is 0 Å². The van der Waals surface area contributed by atoms with Crippen LogP contribution in [0.5, 0.6) is 0 Å². The van der Waals surface area contributed by atoms with E-state index >= 15 is 0 Å². The molecule has 0 aliphatic heterocycles. The molecule has 10 heteroatoms. The molecular formula is C16H12F3N3O4. The van der Waals surface area contributed by atoms with Crippen LogP contribution in [0.2, 0.25) is 0 Å². The van der Waals surface area contributed by atoms with Crippen molar-refractivity contribution in [2.75, 3.05) is 0 Å². The second-order valence-electron chi connectivity index (χ2n) is 5.14. The number of H-pyrrole nitrogens is 1. The van der Waals surface area contributed by atoms with Crippen LogP contribution in [0.15, 0.2) is 59.5 Å². The molecule has 3 N–H and O–H groups in total. The summed E-state index contributed by atoms with van der Waals surface area (Å²) in [6.07, 6.45) is -3.36. The number of benzene rings is 2. The summed E-state index contributed by atoms with van der Waals surface area (Å²) in [7, 11) is 0. The number of halogens is 3. The predicted octanol–water partition coefficient (Wildman–Crippen LogP) is 1.98. The van der Waals surface area contributed by atoms with Crippen LogP contribution in [0, 0.1) is 0 Å². The van der Waals surface area contributed by atoms with Crippen LogP contribution >= 0.6 is 0 Å². The first kappa shape index (κ1) is 18.9. The highest BCUT2D eigenvalue weighted by molar-refractivity contribution is 5.90. The van der Waals surface area contributed by atoms with Gasteiger partial charge in [0.15, 0.2) is 11.4 Å². The number of hydrogen-bond donors (Lipinski definition) is 2. The monoisotopic (exact) mass is 367 g/mol. The molecule has 0 atom stereocenters. The van der Waals surface area contributed by atoms with Gasteiger partial charge >= 0.3 is 17.7 Å². The maximum Gasteiger partial charge on any atom is 0.416 e. The number of aromatic carboxylic acids is 1. The zero-order valence-corrected chi connectivity index (χ0v) is 12.9. The summed E-state index contributed by atoms with van der Waals surface area (Å²) in [5.74, 6) is -1.17. The number of nitrogens with zero attached hydrogens (tertiary/aromatic N) is 2. The average molecular weight is 367 g/mol. The first-order valence-electron chi connectivity index (χ1n) is 7.01. The highest BCUT2D eigenvalue weighted by atomic mass is 19.4. The third-order valence-electron chi connectivity index (χ3n) is 3.51. The third-order valence-corrected chi connectivity index (χ3v) is 3.51. The van der Waals surface area contributed by atoms with Gasteiger partial charge in [0.2, 0.25) is 6.20 Å². The quantitative estimate of drug-likeness (QED) is 0.690. The number of alkyl halides is 3. The lowest BCUT2D eigenvalue weighted by Crippen LogP contribution is -2.35. The smallest absolute Gasteiger partial charge is 0.416 e. The second-order valence-corrected chi connectivity index (χ2v) is 5.14. The summed E-state index contributed by atoms with van der Waals surface area (Å²) in [5, 5.41) is 11.9. The van der Waals surface area contributed by atoms with Crippen molar-refractivity contribution in [3.63, 3.8) is 0 Å². The van der Waals surface area contributed by atoms with E-state index in [1.54, 1.807) is 12.1 Å². The van der Waals surface area contributed by atoms with Crippen molar-refractivity contribution in [3.8, 4) is 11.4 Å². The Morgan fingerprint density at radius 3 is 2.27 bits per heavy atom. The van der Waals surface area contributed by atoms with E-state index in [2.05, 4.69) is 5.21 Å². The minimum absolute atomic E-state index is 0. The molecule has 0 spiro atoms. The lowest BCUT2D eigenvalue weighted by Gasteiger charge is -2.05. The van der Waals surface area contributed by atoms with Gasteiger partial charge in [-0.2, -0.15) is 13.2 Å². The van der Waals surface area contributed by atoms with E-state index < -0.39 is 23.3 Å². The van der Waals surface area contributed by atoms with Crippen molar-refractivity contribution in [3.05, 3.63) is 76.2 Å². The number of carbonyl (C=O) groups is 1. The van der Waals surface area contributed by atoms with E-state index in [4.69, 9.17) is 0 Å². The molecule has 0 bridgehead atoms. The van der Waals surface area contributed by atoms with Gasteiger partial charge in [0.25, 0.3) is 0 Å². The fourth-order valence-corrected chi connectivity index (χ4v) is 2.33. The van der Waals surface area contributed by atoms with E-state index in [1.807, 2.05) is 0 Å². The van der Waals surface area contributed by atoms with Crippen molar-refractivity contribution in [2.24, 2.45) is 0 Å². The van der Waals surface area contributed by atoms with Gasteiger partial charge in [-0.15, -0.1) is 4.68 Å². The van der Waals surface area contributed by atoms with Gasteiger partial charge < -0.3 is 10.6 Å². The molecule has 136 valence electrons. The van der Waals surface area contributed by atoms with Gasteiger partial charge in [-0.25, -0.2) is 9.59 Å². The molecule has 2 aromatic carbocycles. The molecule has 1 heterocycles. The number of rotatable bonds is 3. The van der Waals surface area contributed by atoms with Crippen LogP contribution in [0.3, 0.4) is 0 Å². The molecule has 0 saturated heterocycles. The minimum Gasteiger partial charge on any atom is -0.870 e. The number of para-hydroxylation sites is 1. The normalized spacial score (nSPS) is 11.0. The Morgan fingerprint density at radius 2 is 1.69 bits per heavy atom. The first-order chi connectivity index (χ1) is 11.8. The largest absolute Gasteiger partial charge is 0.870 e. The topological polar surface area (TPSA) is 109 Å². The van der Waals surface area contributed by atoms with E-state index in [0.717, 1.165) is 35.1 Å². The van der Waals surface area contributed by atoms with Crippen LogP contribution < -0.4 is 10.2 Å². The molecule has 0 saturated carbocycles. The van der Waals surface area contributed by atoms with Gasteiger partial charge in [-0.3, -0.25) is 0 Å². The van der Waals surface area contributed by atoms with Gasteiger partial charge in [0, 0.05) is 0 Å². The molecule has 0 fully saturated rings. The standard InChI is InChI=1S/C16H10F3N3O3.H2O/c17-16(18,19)10-5-7-11(8-6-10)22-14(23)9-21(20-22)13-4-2-1-3-12(13)15(24)25;/h1-9H,(H-,20,23,24,25);1H2. The second kappa shape index (κ2) is 6.84. The third kappa shape index (κ3) is 3.49. The Balaban J connectivity index is 0.00000243. The number of carboxylic acid groups (broad SMARTS) is 1. The summed E-state index contributed by atoms with van der Waals surface area (Å²) < 4.78 is 40.0. The fraction of sp³-hybridized carbons (Fsp3) is 0.0625. The van der Waals surface area contributed by atoms with Crippen LogP contribution in [0.1, 0.15) is 15.9 Å². The Hall–Kier alpha value is -3.40. The van der Waals surface area contributed by atoms with Crippen LogP contribution in [0.4, 0.5) is 13.2 Å². The Bertz CT molecular complexity index is 991. The van der Waals surface area contributed by atoms with Gasteiger partial charge in [0.1, 0.15) is 5.56 Å². The number of aromatic amines is 1. The zero-order valence-electron chi connectivity index (χ0n) is 12.9. The lowest BCUT2D eigenvalue weighted by molar-refractivity contribution is -0.661. The zero-order chi connectivity index (χ0) is 18.2. The molecule has 0 aliphatic carbocycles. The van der Waals surface area contributed by atoms with Crippen molar-refractivity contribution >= 4 is 5.97 Å². The molecule has 0 amide bonds. The van der Waals surface area contributed by atoms with Gasteiger partial charge in [0.05, 0.1) is 5.56 Å². The summed E-state index contributed by atoms with van der Waals surface area (Å²) >= 11 is 0. The maximum atomic E-state index is 12.6. The van der Waals surface area contributed by atoms with Crippen LogP contribution in [-0.4, -0.2) is 26.4 Å². The molecular weight excluding hydrogens is 355 g/mol. The molecule has 7 nitrogen and oxygen atoms in total. The fourth-order valence-electron chi connectivity index (χ4n) is 2.33. The number of carboxylic acids is 1. The van der Waals surface area contributed by atoms with E-state index in [0.29, 0.717) is 0 Å². The Morgan fingerprint density at radius 1 is 1.08 bits per heavy atom.